The van der Waals surface area contributed by atoms with Gasteiger partial charge in [-0.25, -0.2) is 0 Å². The molecule has 0 bridgehead atoms. The van der Waals surface area contributed by atoms with Crippen molar-refractivity contribution >= 4 is 23.4 Å². The number of fused-ring (bicyclic) bond motifs is 3. The smallest absolute Gasteiger partial charge is 0.233 e. The van der Waals surface area contributed by atoms with Gasteiger partial charge in [0.25, 0.3) is 0 Å². The molecule has 4 aliphatic rings. The Kier molecular flexibility index (Phi) is 6.21. The van der Waals surface area contributed by atoms with E-state index in [9.17, 15) is 29.4 Å². The topological polar surface area (TPSA) is 121 Å². The third-order valence-electron chi connectivity index (χ3n) is 8.78. The number of ketones is 2. The van der Waals surface area contributed by atoms with Crippen LogP contribution in [0.5, 0.6) is 17.2 Å². The van der Waals surface area contributed by atoms with Gasteiger partial charge in [-0.2, -0.15) is 0 Å². The summed E-state index contributed by atoms with van der Waals surface area (Å²) in [7, 11) is 1.44. The Hall–Kier alpha value is -4.46. The van der Waals surface area contributed by atoms with Gasteiger partial charge in [-0.3, -0.25) is 24.1 Å². The lowest BCUT2D eigenvalue weighted by Crippen LogP contribution is -2.40. The number of rotatable bonds is 5. The molecule has 204 valence electrons. The minimum absolute atomic E-state index is 0.123. The van der Waals surface area contributed by atoms with Gasteiger partial charge in [0.15, 0.2) is 23.1 Å². The molecule has 2 aromatic rings. The van der Waals surface area contributed by atoms with Gasteiger partial charge in [-0.05, 0) is 61.9 Å². The number of imide groups is 1. The zero-order valence-corrected chi connectivity index (χ0v) is 22.2. The Balaban J connectivity index is 1.40. The molecule has 1 heterocycles. The summed E-state index contributed by atoms with van der Waals surface area (Å²) in [6.45, 7) is 1.82. The van der Waals surface area contributed by atoms with Crippen LogP contribution in [0.2, 0.25) is 0 Å². The summed E-state index contributed by atoms with van der Waals surface area (Å²) in [5.41, 5.74) is 3.10. The lowest BCUT2D eigenvalue weighted by Gasteiger charge is -2.42. The number of phenols is 2. The number of carbonyl (C=O) groups is 4. The van der Waals surface area contributed by atoms with Gasteiger partial charge in [-0.1, -0.05) is 35.9 Å². The normalized spacial score (nSPS) is 25.8. The standard InChI is InChI=1S/C32H29NO7/c1-16-14-24(35)23-15-22-19(26(28(23)29(16)36)20-4-3-5-25(40-2)30(20)37)10-11-21-27(22)32(39)33(31(21)38)13-12-17-6-8-18(34)9-7-17/h3-10,14,21-22,26-27,34,37H,11-13,15H2,1-2H3/t21-,22+,26+,27-/m0/s1. The highest BCUT2D eigenvalue weighted by Gasteiger charge is 2.56. The molecule has 4 atom stereocenters. The van der Waals surface area contributed by atoms with Crippen LogP contribution in [0.15, 0.2) is 76.9 Å². The van der Waals surface area contributed by atoms with E-state index in [1.54, 1.807) is 49.4 Å². The zero-order chi connectivity index (χ0) is 28.3. The lowest BCUT2D eigenvalue weighted by atomic mass is 9.59. The highest BCUT2D eigenvalue weighted by Crippen LogP contribution is 2.56. The van der Waals surface area contributed by atoms with E-state index in [0.717, 1.165) is 11.1 Å². The van der Waals surface area contributed by atoms with Gasteiger partial charge in [-0.15, -0.1) is 0 Å². The number of likely N-dealkylation sites (tertiary alicyclic amines) is 1. The summed E-state index contributed by atoms with van der Waals surface area (Å²) in [6.07, 6.45) is 4.23. The predicted octanol–water partition coefficient (Wildman–Crippen LogP) is 3.78. The zero-order valence-electron chi connectivity index (χ0n) is 22.2. The van der Waals surface area contributed by atoms with Crippen molar-refractivity contribution in [2.45, 2.75) is 32.1 Å². The number of allylic oxidation sites excluding steroid dienone is 6. The van der Waals surface area contributed by atoms with Crippen LogP contribution >= 0.6 is 0 Å². The minimum atomic E-state index is -0.737. The van der Waals surface area contributed by atoms with Crippen LogP contribution in [0.3, 0.4) is 0 Å². The average Bonchev–Trinajstić information content (AvgIpc) is 3.19. The number of methoxy groups -OCH3 is 1. The number of nitrogens with zero attached hydrogens (tertiary/aromatic N) is 1. The number of para-hydroxylation sites is 1. The van der Waals surface area contributed by atoms with Gasteiger partial charge in [0.2, 0.25) is 11.8 Å². The number of phenolic OH excluding ortho intramolecular Hbond substituents is 2. The van der Waals surface area contributed by atoms with E-state index < -0.39 is 23.7 Å². The van der Waals surface area contributed by atoms with Crippen molar-refractivity contribution in [3.05, 3.63) is 88.0 Å². The predicted molar refractivity (Wildman–Crippen MR) is 145 cm³/mol. The summed E-state index contributed by atoms with van der Waals surface area (Å²) in [5, 5.41) is 20.7. The first kappa shape index (κ1) is 25.8. The molecule has 8 heteroatoms. The molecule has 6 rings (SSSR count). The lowest BCUT2D eigenvalue weighted by molar-refractivity contribution is -0.140. The van der Waals surface area contributed by atoms with Gasteiger partial charge < -0.3 is 14.9 Å². The van der Waals surface area contributed by atoms with E-state index in [1.807, 2.05) is 6.08 Å². The molecule has 8 nitrogen and oxygen atoms in total. The van der Waals surface area contributed by atoms with Crippen molar-refractivity contribution in [3.63, 3.8) is 0 Å². The van der Waals surface area contributed by atoms with E-state index in [-0.39, 0.29) is 53.6 Å². The Bertz CT molecular complexity index is 1560. The van der Waals surface area contributed by atoms with E-state index in [1.165, 1.54) is 18.1 Å². The highest BCUT2D eigenvalue weighted by molar-refractivity contribution is 6.24. The number of Topliss-reactive ketones (excluding diaryl/α,β-unsaturated/α-hetero) is 1. The SMILES string of the molecule is COc1cccc([C@H]2C3=CC[C@@H]4C(=O)N(CCc5ccc(O)cc5)C(=O)[C@@H]4[C@@H]3CC3=C2C(=O)C(C)=CC3=O)c1O. The largest absolute Gasteiger partial charge is 0.508 e. The fraction of sp³-hybridized carbons (Fsp3) is 0.312. The first-order valence-electron chi connectivity index (χ1n) is 13.4. The Morgan fingerprint density at radius 2 is 1.73 bits per heavy atom. The minimum Gasteiger partial charge on any atom is -0.508 e. The maximum atomic E-state index is 13.8. The van der Waals surface area contributed by atoms with E-state index in [0.29, 0.717) is 35.1 Å². The van der Waals surface area contributed by atoms with Crippen molar-refractivity contribution in [1.82, 2.24) is 4.90 Å². The van der Waals surface area contributed by atoms with Gasteiger partial charge in [0, 0.05) is 34.7 Å². The quantitative estimate of drug-likeness (QED) is 0.337. The molecule has 1 saturated heterocycles. The van der Waals surface area contributed by atoms with Gasteiger partial charge in [0.1, 0.15) is 5.75 Å². The molecule has 0 spiro atoms. The highest BCUT2D eigenvalue weighted by atomic mass is 16.5. The van der Waals surface area contributed by atoms with E-state index in [2.05, 4.69) is 0 Å². The summed E-state index contributed by atoms with van der Waals surface area (Å²) in [6, 6.07) is 11.7. The number of aromatic hydroxyl groups is 2. The van der Waals surface area contributed by atoms with Crippen molar-refractivity contribution in [2.24, 2.45) is 17.8 Å². The maximum absolute atomic E-state index is 13.8. The van der Waals surface area contributed by atoms with Crippen LogP contribution in [0, 0.1) is 17.8 Å². The molecular weight excluding hydrogens is 510 g/mol. The maximum Gasteiger partial charge on any atom is 0.233 e. The molecule has 40 heavy (non-hydrogen) atoms. The molecule has 0 radical (unpaired) electrons. The first-order chi connectivity index (χ1) is 19.2. The summed E-state index contributed by atoms with van der Waals surface area (Å²) >= 11 is 0. The third-order valence-corrected chi connectivity index (χ3v) is 8.78. The van der Waals surface area contributed by atoms with Gasteiger partial charge >= 0.3 is 0 Å². The number of hydrogen-bond acceptors (Lipinski definition) is 7. The molecule has 2 N–H and O–H groups in total. The number of amides is 2. The average molecular weight is 540 g/mol. The second-order valence-corrected chi connectivity index (χ2v) is 10.9. The molecule has 2 amide bonds. The van der Waals surface area contributed by atoms with Gasteiger partial charge in [0.05, 0.1) is 18.9 Å². The summed E-state index contributed by atoms with van der Waals surface area (Å²) < 4.78 is 5.33. The fourth-order valence-corrected chi connectivity index (χ4v) is 6.84. The van der Waals surface area contributed by atoms with Crippen LogP contribution in [0.4, 0.5) is 0 Å². The summed E-state index contributed by atoms with van der Waals surface area (Å²) in [4.78, 5) is 55.4. The van der Waals surface area contributed by atoms with Crippen molar-refractivity contribution < 1.29 is 34.1 Å². The molecule has 1 fully saturated rings. The van der Waals surface area contributed by atoms with Crippen molar-refractivity contribution in [1.29, 1.82) is 0 Å². The van der Waals surface area contributed by atoms with E-state index >= 15 is 0 Å². The fourth-order valence-electron chi connectivity index (χ4n) is 6.84. The van der Waals surface area contributed by atoms with Crippen LogP contribution < -0.4 is 4.74 Å². The van der Waals surface area contributed by atoms with E-state index in [4.69, 9.17) is 4.74 Å². The van der Waals surface area contributed by atoms with Crippen LogP contribution in [-0.2, 0) is 25.6 Å². The second kappa shape index (κ2) is 9.62. The van der Waals surface area contributed by atoms with Crippen molar-refractivity contribution in [2.75, 3.05) is 13.7 Å². The first-order valence-corrected chi connectivity index (χ1v) is 13.4. The Labute approximate surface area is 231 Å². The molecular formula is C32H29NO7. The third kappa shape index (κ3) is 3.89. The molecule has 1 aliphatic heterocycles. The van der Waals surface area contributed by atoms with Crippen LogP contribution in [-0.4, -0.2) is 52.1 Å². The molecule has 0 unspecified atom stereocenters. The second-order valence-electron chi connectivity index (χ2n) is 10.9. The Morgan fingerprint density at radius 3 is 2.45 bits per heavy atom. The van der Waals surface area contributed by atoms with Crippen LogP contribution in [0.25, 0.3) is 0 Å². The number of carbonyl (C=O) groups excluding carboxylic acids is 4. The molecule has 0 aromatic heterocycles. The molecule has 2 aromatic carbocycles. The Morgan fingerprint density at radius 1 is 0.975 bits per heavy atom. The monoisotopic (exact) mass is 539 g/mol. The molecule has 0 saturated carbocycles. The number of benzene rings is 2. The number of ether oxygens (including phenoxy) is 1. The number of hydrogen-bond donors (Lipinski definition) is 2. The summed E-state index contributed by atoms with van der Waals surface area (Å²) in [5.74, 6) is -3.19. The van der Waals surface area contributed by atoms with Crippen LogP contribution in [0.1, 0.15) is 36.8 Å². The molecule has 3 aliphatic carbocycles. The van der Waals surface area contributed by atoms with Crippen molar-refractivity contribution in [3.8, 4) is 17.2 Å².